The largest absolute Gasteiger partial charge is 0.391 e. The van der Waals surface area contributed by atoms with Crippen molar-refractivity contribution >= 4 is 11.6 Å². The topological polar surface area (TPSA) is 96.7 Å². The number of nitrogens with zero attached hydrogens (tertiary/aromatic N) is 2. The van der Waals surface area contributed by atoms with Crippen LogP contribution in [0, 0.1) is 11.3 Å². The average molecular weight is 293 g/mol. The van der Waals surface area contributed by atoms with Crippen molar-refractivity contribution in [2.24, 2.45) is 28.0 Å². The second-order valence-electron chi connectivity index (χ2n) is 6.38. The fourth-order valence-electron chi connectivity index (χ4n) is 4.12. The molecule has 0 aromatic heterocycles. The second-order valence-corrected chi connectivity index (χ2v) is 6.38. The van der Waals surface area contributed by atoms with Gasteiger partial charge in [0, 0.05) is 23.7 Å². The predicted octanol–water partition coefficient (Wildman–Crippen LogP) is 0.402. The molecule has 1 aliphatic heterocycles. The molecule has 0 bridgehead atoms. The third-order valence-electron chi connectivity index (χ3n) is 4.98. The molecule has 1 atom stereocenters. The number of nitrogens with one attached hydrogen (secondary N) is 1. The van der Waals surface area contributed by atoms with E-state index in [1.54, 1.807) is 6.92 Å². The number of hydrogen-bond donors (Lipinski definition) is 3. The summed E-state index contributed by atoms with van der Waals surface area (Å²) in [4.78, 5) is 14.4. The standard InChI is InChI=1S/C15H27N5O/c1-10-8-15(13(11(2)21)14(10)18-3)4-6-20(7-5-15)9-12(16)19-17/h10,18H,4-9,17H2,1-3H3,(H2,16,19). The van der Waals surface area contributed by atoms with Crippen LogP contribution in [0.25, 0.3) is 0 Å². The third-order valence-corrected chi connectivity index (χ3v) is 4.98. The van der Waals surface area contributed by atoms with Crippen molar-refractivity contribution < 1.29 is 4.79 Å². The van der Waals surface area contributed by atoms with Crippen LogP contribution >= 0.6 is 0 Å². The first kappa shape index (κ1) is 15.8. The molecule has 1 saturated heterocycles. The summed E-state index contributed by atoms with van der Waals surface area (Å²) in [5.41, 5.74) is 7.90. The van der Waals surface area contributed by atoms with Gasteiger partial charge in [-0.15, -0.1) is 0 Å². The number of amidine groups is 1. The summed E-state index contributed by atoms with van der Waals surface area (Å²) in [6, 6.07) is 0. The lowest BCUT2D eigenvalue weighted by molar-refractivity contribution is -0.115. The van der Waals surface area contributed by atoms with Crippen LogP contribution in [0.2, 0.25) is 0 Å². The van der Waals surface area contributed by atoms with Crippen molar-refractivity contribution in [3.63, 3.8) is 0 Å². The highest BCUT2D eigenvalue weighted by atomic mass is 16.1. The Hall–Kier alpha value is -1.56. The smallest absolute Gasteiger partial charge is 0.158 e. The highest BCUT2D eigenvalue weighted by Gasteiger charge is 2.47. The molecule has 0 saturated carbocycles. The Bertz CT molecular complexity index is 474. The lowest BCUT2D eigenvalue weighted by Gasteiger charge is -2.40. The van der Waals surface area contributed by atoms with Gasteiger partial charge in [-0.2, -0.15) is 5.10 Å². The van der Waals surface area contributed by atoms with Crippen LogP contribution in [0.3, 0.4) is 0 Å². The molecule has 0 aromatic carbocycles. The molecule has 0 aromatic rings. The summed E-state index contributed by atoms with van der Waals surface area (Å²) < 4.78 is 0. The lowest BCUT2D eigenvalue weighted by atomic mass is 9.71. The van der Waals surface area contributed by atoms with Crippen molar-refractivity contribution in [1.82, 2.24) is 10.2 Å². The number of carbonyl (C=O) groups excluding carboxylic acids is 1. The molecule has 21 heavy (non-hydrogen) atoms. The van der Waals surface area contributed by atoms with Gasteiger partial charge >= 0.3 is 0 Å². The number of piperidine rings is 1. The average Bonchev–Trinajstić information content (AvgIpc) is 2.73. The van der Waals surface area contributed by atoms with Crippen LogP contribution in [0.1, 0.15) is 33.1 Å². The summed E-state index contributed by atoms with van der Waals surface area (Å²) in [7, 11) is 1.92. The Balaban J connectivity index is 2.15. The van der Waals surface area contributed by atoms with Gasteiger partial charge in [0.1, 0.15) is 5.84 Å². The zero-order valence-electron chi connectivity index (χ0n) is 13.3. The van der Waals surface area contributed by atoms with E-state index in [9.17, 15) is 4.79 Å². The molecule has 1 aliphatic carbocycles. The van der Waals surface area contributed by atoms with Crippen molar-refractivity contribution in [1.29, 1.82) is 0 Å². The van der Waals surface area contributed by atoms with Gasteiger partial charge in [-0.1, -0.05) is 6.92 Å². The number of nitrogens with two attached hydrogens (primary N) is 2. The molecule has 0 amide bonds. The number of rotatable bonds is 4. The van der Waals surface area contributed by atoms with E-state index < -0.39 is 0 Å². The van der Waals surface area contributed by atoms with E-state index in [1.807, 2.05) is 7.05 Å². The van der Waals surface area contributed by atoms with Gasteiger partial charge < -0.3 is 16.9 Å². The first-order chi connectivity index (χ1) is 9.93. The lowest BCUT2D eigenvalue weighted by Crippen LogP contribution is -2.44. The number of allylic oxidation sites excluding steroid dienone is 2. The number of likely N-dealkylation sites (tertiary alicyclic amines) is 1. The third kappa shape index (κ3) is 2.90. The van der Waals surface area contributed by atoms with E-state index in [0.29, 0.717) is 18.3 Å². The maximum Gasteiger partial charge on any atom is 0.158 e. The van der Waals surface area contributed by atoms with E-state index in [4.69, 9.17) is 11.6 Å². The molecule has 1 unspecified atom stereocenters. The predicted molar refractivity (Wildman–Crippen MR) is 84.5 cm³/mol. The Morgan fingerprint density at radius 1 is 1.48 bits per heavy atom. The van der Waals surface area contributed by atoms with E-state index in [0.717, 1.165) is 43.6 Å². The second kappa shape index (κ2) is 6.05. The van der Waals surface area contributed by atoms with Crippen LogP contribution in [-0.4, -0.2) is 43.2 Å². The minimum absolute atomic E-state index is 0.0364. The van der Waals surface area contributed by atoms with Crippen molar-refractivity contribution in [2.45, 2.75) is 33.1 Å². The van der Waals surface area contributed by atoms with Gasteiger partial charge in [-0.25, -0.2) is 0 Å². The van der Waals surface area contributed by atoms with Gasteiger partial charge in [0.2, 0.25) is 0 Å². The molecule has 6 nitrogen and oxygen atoms in total. The summed E-state index contributed by atoms with van der Waals surface area (Å²) in [6.07, 6.45) is 3.05. The SMILES string of the molecule is CNC1=C(C(C)=O)C2(CCN(C/C(N)=N/N)CC2)CC1C. The number of Topliss-reactive ketones (excluding diaryl/α,β-unsaturated/α-hetero) is 1. The molecule has 118 valence electrons. The van der Waals surface area contributed by atoms with Gasteiger partial charge in [-0.05, 0) is 45.2 Å². The van der Waals surface area contributed by atoms with Crippen molar-refractivity contribution in [2.75, 3.05) is 26.7 Å². The molecule has 6 heteroatoms. The molecule has 0 radical (unpaired) electrons. The highest BCUT2D eigenvalue weighted by molar-refractivity contribution is 5.96. The maximum atomic E-state index is 12.2. The molecule has 5 N–H and O–H groups in total. The van der Waals surface area contributed by atoms with E-state index >= 15 is 0 Å². The molecule has 2 rings (SSSR count). The minimum Gasteiger partial charge on any atom is -0.391 e. The fourth-order valence-corrected chi connectivity index (χ4v) is 4.12. The molecular formula is C15H27N5O. The Kier molecular flexibility index (Phi) is 4.56. The van der Waals surface area contributed by atoms with E-state index in [2.05, 4.69) is 22.2 Å². The number of hydrazone groups is 1. The van der Waals surface area contributed by atoms with Gasteiger partial charge in [0.25, 0.3) is 0 Å². The summed E-state index contributed by atoms with van der Waals surface area (Å²) >= 11 is 0. The Morgan fingerprint density at radius 3 is 2.57 bits per heavy atom. The summed E-state index contributed by atoms with van der Waals surface area (Å²) in [5.74, 6) is 6.29. The fraction of sp³-hybridized carbons (Fsp3) is 0.733. The Labute approximate surface area is 126 Å². The molecule has 2 aliphatic rings. The summed E-state index contributed by atoms with van der Waals surface area (Å²) in [6.45, 7) is 6.36. The zero-order chi connectivity index (χ0) is 15.6. The van der Waals surface area contributed by atoms with Crippen LogP contribution in [0.15, 0.2) is 16.4 Å². The van der Waals surface area contributed by atoms with Crippen molar-refractivity contribution in [3.8, 4) is 0 Å². The number of hydrogen-bond acceptors (Lipinski definition) is 5. The zero-order valence-corrected chi connectivity index (χ0v) is 13.3. The first-order valence-electron chi connectivity index (χ1n) is 7.61. The first-order valence-corrected chi connectivity index (χ1v) is 7.61. The van der Waals surface area contributed by atoms with E-state index in [1.165, 1.54) is 0 Å². The van der Waals surface area contributed by atoms with Gasteiger partial charge in [-0.3, -0.25) is 9.69 Å². The molecular weight excluding hydrogens is 266 g/mol. The molecule has 1 fully saturated rings. The molecule has 1 heterocycles. The monoisotopic (exact) mass is 293 g/mol. The van der Waals surface area contributed by atoms with Gasteiger partial charge in [0.15, 0.2) is 5.78 Å². The number of ketones is 1. The quantitative estimate of drug-likeness (QED) is 0.302. The summed E-state index contributed by atoms with van der Waals surface area (Å²) in [5, 5.41) is 6.79. The van der Waals surface area contributed by atoms with Crippen LogP contribution in [-0.2, 0) is 4.79 Å². The number of carbonyl (C=O) groups is 1. The molecule has 1 spiro atoms. The van der Waals surface area contributed by atoms with Crippen LogP contribution in [0.5, 0.6) is 0 Å². The van der Waals surface area contributed by atoms with Crippen LogP contribution < -0.4 is 16.9 Å². The maximum absolute atomic E-state index is 12.2. The van der Waals surface area contributed by atoms with Crippen molar-refractivity contribution in [3.05, 3.63) is 11.3 Å². The normalized spacial score (nSPS) is 26.4. The van der Waals surface area contributed by atoms with Crippen LogP contribution in [0.4, 0.5) is 0 Å². The highest BCUT2D eigenvalue weighted by Crippen LogP contribution is 2.51. The minimum atomic E-state index is 0.0364. The van der Waals surface area contributed by atoms with E-state index in [-0.39, 0.29) is 11.2 Å². The Morgan fingerprint density at radius 2 is 2.10 bits per heavy atom. The van der Waals surface area contributed by atoms with Gasteiger partial charge in [0.05, 0.1) is 6.54 Å².